The van der Waals surface area contributed by atoms with Crippen LogP contribution < -0.4 is 0 Å². The van der Waals surface area contributed by atoms with Crippen molar-refractivity contribution < 1.29 is 19.7 Å². The lowest BCUT2D eigenvalue weighted by atomic mass is 10.1. The Bertz CT molecular complexity index is 136. The summed E-state index contributed by atoms with van der Waals surface area (Å²) in [5, 5.41) is 17.5. The number of rotatable bonds is 8. The van der Waals surface area contributed by atoms with E-state index in [9.17, 15) is 4.79 Å². The molecule has 0 rings (SSSR count). The van der Waals surface area contributed by atoms with E-state index in [1.54, 1.807) is 0 Å². The molecule has 0 aliphatic carbocycles. The SMILES string of the molecule is CCOC(O)CCCCCC(=O)O. The number of aliphatic hydroxyl groups is 1. The molecular formula is C9H18O4. The number of carboxylic acid groups (broad SMARTS) is 1. The van der Waals surface area contributed by atoms with Gasteiger partial charge in [0.15, 0.2) is 6.29 Å². The van der Waals surface area contributed by atoms with Crippen molar-refractivity contribution in [2.45, 2.75) is 45.3 Å². The lowest BCUT2D eigenvalue weighted by Crippen LogP contribution is -2.11. The summed E-state index contributed by atoms with van der Waals surface area (Å²) < 4.78 is 4.91. The smallest absolute Gasteiger partial charge is 0.303 e. The number of unbranched alkanes of at least 4 members (excludes halogenated alkanes) is 2. The van der Waals surface area contributed by atoms with Gasteiger partial charge in [-0.1, -0.05) is 6.42 Å². The van der Waals surface area contributed by atoms with E-state index < -0.39 is 12.3 Å². The molecule has 0 aliphatic rings. The molecule has 0 bridgehead atoms. The lowest BCUT2D eigenvalue weighted by molar-refractivity contribution is -0.137. The average Bonchev–Trinajstić information content (AvgIpc) is 2.03. The number of carbonyl (C=O) groups is 1. The molecule has 2 N–H and O–H groups in total. The quantitative estimate of drug-likeness (QED) is 0.448. The van der Waals surface area contributed by atoms with Crippen molar-refractivity contribution in [2.75, 3.05) is 6.61 Å². The zero-order valence-electron chi connectivity index (χ0n) is 8.03. The molecule has 0 aliphatic heterocycles. The molecule has 0 aromatic carbocycles. The van der Waals surface area contributed by atoms with Crippen molar-refractivity contribution in [3.05, 3.63) is 0 Å². The largest absolute Gasteiger partial charge is 0.481 e. The highest BCUT2D eigenvalue weighted by Crippen LogP contribution is 2.06. The minimum absolute atomic E-state index is 0.213. The molecule has 78 valence electrons. The van der Waals surface area contributed by atoms with Crippen molar-refractivity contribution in [1.82, 2.24) is 0 Å². The first-order valence-corrected chi connectivity index (χ1v) is 4.68. The van der Waals surface area contributed by atoms with Gasteiger partial charge in [-0.25, -0.2) is 0 Å². The molecule has 1 atom stereocenters. The highest BCUT2D eigenvalue weighted by atomic mass is 16.6. The van der Waals surface area contributed by atoms with Crippen LogP contribution in [0.1, 0.15) is 39.0 Å². The standard InChI is InChI=1S/C9H18O4/c1-2-13-9(12)7-5-3-4-6-8(10)11/h9,12H,2-7H2,1H3,(H,10,11). The van der Waals surface area contributed by atoms with Crippen LogP contribution >= 0.6 is 0 Å². The van der Waals surface area contributed by atoms with Crippen molar-refractivity contribution in [1.29, 1.82) is 0 Å². The molecule has 0 radical (unpaired) electrons. The molecule has 0 heterocycles. The van der Waals surface area contributed by atoms with Crippen molar-refractivity contribution in [3.63, 3.8) is 0 Å². The summed E-state index contributed by atoms with van der Waals surface area (Å²) in [5.41, 5.74) is 0. The molecule has 0 aromatic rings. The summed E-state index contributed by atoms with van der Waals surface area (Å²) in [6, 6.07) is 0. The van der Waals surface area contributed by atoms with Gasteiger partial charge in [-0.3, -0.25) is 4.79 Å². The summed E-state index contributed by atoms with van der Waals surface area (Å²) in [4.78, 5) is 10.1. The van der Waals surface area contributed by atoms with E-state index in [0.717, 1.165) is 12.8 Å². The summed E-state index contributed by atoms with van der Waals surface area (Å²) >= 11 is 0. The number of hydrogen-bond acceptors (Lipinski definition) is 3. The Labute approximate surface area is 78.5 Å². The van der Waals surface area contributed by atoms with E-state index in [1.165, 1.54) is 0 Å². The molecule has 0 saturated heterocycles. The maximum Gasteiger partial charge on any atom is 0.303 e. The second-order valence-corrected chi connectivity index (χ2v) is 2.90. The van der Waals surface area contributed by atoms with Crippen LogP contribution in [0.5, 0.6) is 0 Å². The van der Waals surface area contributed by atoms with Crippen LogP contribution in [0, 0.1) is 0 Å². The predicted octanol–water partition coefficient (Wildman–Crippen LogP) is 1.38. The third kappa shape index (κ3) is 9.30. The van der Waals surface area contributed by atoms with Crippen LogP contribution in [0.15, 0.2) is 0 Å². The fraction of sp³-hybridized carbons (Fsp3) is 0.889. The van der Waals surface area contributed by atoms with E-state index in [-0.39, 0.29) is 6.42 Å². The van der Waals surface area contributed by atoms with E-state index in [0.29, 0.717) is 19.4 Å². The Morgan fingerprint density at radius 1 is 1.38 bits per heavy atom. The van der Waals surface area contributed by atoms with E-state index >= 15 is 0 Å². The Hall–Kier alpha value is -0.610. The van der Waals surface area contributed by atoms with Crippen molar-refractivity contribution in [3.8, 4) is 0 Å². The van der Waals surface area contributed by atoms with Crippen LogP contribution in [0.25, 0.3) is 0 Å². The molecule has 0 fully saturated rings. The van der Waals surface area contributed by atoms with Gasteiger partial charge < -0.3 is 14.9 Å². The number of hydrogen-bond donors (Lipinski definition) is 2. The van der Waals surface area contributed by atoms with Gasteiger partial charge in [0.25, 0.3) is 0 Å². The minimum Gasteiger partial charge on any atom is -0.481 e. The molecule has 4 heteroatoms. The molecule has 0 saturated carbocycles. The molecule has 0 aromatic heterocycles. The van der Waals surface area contributed by atoms with Gasteiger partial charge in [-0.2, -0.15) is 0 Å². The van der Waals surface area contributed by atoms with Gasteiger partial charge in [-0.05, 0) is 26.2 Å². The van der Waals surface area contributed by atoms with Crippen LogP contribution in [-0.4, -0.2) is 29.1 Å². The van der Waals surface area contributed by atoms with Gasteiger partial charge in [0.1, 0.15) is 0 Å². The van der Waals surface area contributed by atoms with Crippen LogP contribution in [0.4, 0.5) is 0 Å². The Balaban J connectivity index is 3.11. The highest BCUT2D eigenvalue weighted by molar-refractivity contribution is 5.66. The molecule has 0 spiro atoms. The second kappa shape index (κ2) is 8.01. The summed E-state index contributed by atoms with van der Waals surface area (Å²) in [6.45, 7) is 2.34. The minimum atomic E-state index is -0.759. The fourth-order valence-corrected chi connectivity index (χ4v) is 1.05. The van der Waals surface area contributed by atoms with Gasteiger partial charge in [0.2, 0.25) is 0 Å². The number of aliphatic carboxylic acids is 1. The molecule has 1 unspecified atom stereocenters. The zero-order chi connectivity index (χ0) is 10.1. The Morgan fingerprint density at radius 3 is 2.62 bits per heavy atom. The first-order valence-electron chi connectivity index (χ1n) is 4.68. The highest BCUT2D eigenvalue weighted by Gasteiger charge is 2.02. The molecule has 13 heavy (non-hydrogen) atoms. The second-order valence-electron chi connectivity index (χ2n) is 2.90. The van der Waals surface area contributed by atoms with Gasteiger partial charge in [0.05, 0.1) is 0 Å². The maximum absolute atomic E-state index is 10.1. The number of aliphatic hydroxyl groups excluding tert-OH is 1. The van der Waals surface area contributed by atoms with E-state index in [4.69, 9.17) is 14.9 Å². The molecule has 0 amide bonds. The summed E-state index contributed by atoms with van der Waals surface area (Å²) in [6.07, 6.45) is 2.44. The van der Waals surface area contributed by atoms with Crippen molar-refractivity contribution in [2.24, 2.45) is 0 Å². The third-order valence-corrected chi connectivity index (χ3v) is 1.70. The topological polar surface area (TPSA) is 66.8 Å². The Kier molecular flexibility index (Phi) is 7.63. The van der Waals surface area contributed by atoms with Crippen LogP contribution in [0.3, 0.4) is 0 Å². The number of ether oxygens (including phenoxy) is 1. The van der Waals surface area contributed by atoms with E-state index in [2.05, 4.69) is 0 Å². The van der Waals surface area contributed by atoms with Crippen molar-refractivity contribution >= 4 is 5.97 Å². The van der Waals surface area contributed by atoms with E-state index in [1.807, 2.05) is 6.92 Å². The van der Waals surface area contributed by atoms with Crippen LogP contribution in [-0.2, 0) is 9.53 Å². The lowest BCUT2D eigenvalue weighted by Gasteiger charge is -2.09. The number of carboxylic acids is 1. The molecular weight excluding hydrogens is 172 g/mol. The predicted molar refractivity (Wildman–Crippen MR) is 48.4 cm³/mol. The molecule has 4 nitrogen and oxygen atoms in total. The fourth-order valence-electron chi connectivity index (χ4n) is 1.05. The maximum atomic E-state index is 10.1. The zero-order valence-corrected chi connectivity index (χ0v) is 8.03. The van der Waals surface area contributed by atoms with Crippen LogP contribution in [0.2, 0.25) is 0 Å². The normalized spacial score (nSPS) is 12.8. The summed E-state index contributed by atoms with van der Waals surface area (Å²) in [7, 11) is 0. The average molecular weight is 190 g/mol. The Morgan fingerprint density at radius 2 is 2.08 bits per heavy atom. The van der Waals surface area contributed by atoms with Gasteiger partial charge >= 0.3 is 5.97 Å². The first kappa shape index (κ1) is 12.4. The third-order valence-electron chi connectivity index (χ3n) is 1.70. The monoisotopic (exact) mass is 190 g/mol. The van der Waals surface area contributed by atoms with Gasteiger partial charge in [0, 0.05) is 13.0 Å². The summed E-state index contributed by atoms with van der Waals surface area (Å²) in [5.74, 6) is -0.759. The van der Waals surface area contributed by atoms with Gasteiger partial charge in [-0.15, -0.1) is 0 Å². The first-order chi connectivity index (χ1) is 6.16.